The molecule has 1 saturated heterocycles. The highest BCUT2D eigenvalue weighted by Crippen LogP contribution is 2.30. The molecule has 2 fully saturated rings. The van der Waals surface area contributed by atoms with Crippen molar-refractivity contribution in [3.8, 4) is 0 Å². The number of anilines is 1. The van der Waals surface area contributed by atoms with E-state index in [9.17, 15) is 0 Å². The van der Waals surface area contributed by atoms with Crippen LogP contribution in [0.25, 0.3) is 0 Å². The molecule has 0 bridgehead atoms. The average Bonchev–Trinajstić information content (AvgIpc) is 2.56. The van der Waals surface area contributed by atoms with E-state index in [1.165, 1.54) is 69.2 Å². The summed E-state index contributed by atoms with van der Waals surface area (Å²) in [5.41, 5.74) is 2.79. The minimum Gasteiger partial charge on any atom is -0.385 e. The fraction of sp³-hybridized carbons (Fsp3) is 0.667. The summed E-state index contributed by atoms with van der Waals surface area (Å²) in [5.74, 6) is 1.04. The van der Waals surface area contributed by atoms with Crippen LogP contribution < -0.4 is 10.6 Å². The first-order valence-corrected chi connectivity index (χ1v) is 8.48. The van der Waals surface area contributed by atoms with Gasteiger partial charge >= 0.3 is 0 Å². The second kappa shape index (κ2) is 7.12. The summed E-state index contributed by atoms with van der Waals surface area (Å²) in [6.45, 7) is 2.41. The third kappa shape index (κ3) is 3.54. The molecule has 1 aromatic rings. The number of aryl methyl sites for hydroxylation is 1. The molecule has 2 unspecified atom stereocenters. The fourth-order valence-corrected chi connectivity index (χ4v) is 3.89. The first-order chi connectivity index (χ1) is 9.93. The van der Waals surface area contributed by atoms with Crippen molar-refractivity contribution in [2.24, 2.45) is 5.92 Å². The number of benzene rings is 1. The first kappa shape index (κ1) is 13.9. The van der Waals surface area contributed by atoms with Gasteiger partial charge in [0.25, 0.3) is 0 Å². The topological polar surface area (TPSA) is 24.1 Å². The van der Waals surface area contributed by atoms with E-state index < -0.39 is 0 Å². The zero-order valence-corrected chi connectivity index (χ0v) is 12.5. The molecule has 0 radical (unpaired) electrons. The highest BCUT2D eigenvalue weighted by atomic mass is 14.9. The van der Waals surface area contributed by atoms with E-state index in [0.717, 1.165) is 18.5 Å². The molecule has 3 aliphatic rings. The predicted octanol–water partition coefficient (Wildman–Crippen LogP) is 3.97. The molecule has 2 nitrogen and oxygen atoms in total. The van der Waals surface area contributed by atoms with Gasteiger partial charge < -0.3 is 10.6 Å². The number of para-hydroxylation sites is 1. The van der Waals surface area contributed by atoms with Crippen molar-refractivity contribution in [1.29, 1.82) is 0 Å². The summed E-state index contributed by atoms with van der Waals surface area (Å²) in [7, 11) is 0. The van der Waals surface area contributed by atoms with Gasteiger partial charge in [0.1, 0.15) is 0 Å². The maximum atomic E-state index is 3.62. The third-order valence-corrected chi connectivity index (χ3v) is 5.02. The van der Waals surface area contributed by atoms with E-state index in [2.05, 4.69) is 34.9 Å². The van der Waals surface area contributed by atoms with Gasteiger partial charge in [-0.15, -0.1) is 0 Å². The summed E-state index contributed by atoms with van der Waals surface area (Å²) < 4.78 is 0. The van der Waals surface area contributed by atoms with Gasteiger partial charge in [0.05, 0.1) is 0 Å². The Labute approximate surface area is 123 Å². The van der Waals surface area contributed by atoms with Crippen molar-refractivity contribution in [3.05, 3.63) is 29.8 Å². The molecule has 20 heavy (non-hydrogen) atoms. The summed E-state index contributed by atoms with van der Waals surface area (Å²) in [6.07, 6.45) is 11.3. The summed E-state index contributed by atoms with van der Waals surface area (Å²) in [4.78, 5) is 0. The Kier molecular flexibility index (Phi) is 4.96. The number of fused-ring (bicyclic) bond motifs is 2. The largest absolute Gasteiger partial charge is 0.385 e. The van der Waals surface area contributed by atoms with Crippen molar-refractivity contribution >= 4 is 5.69 Å². The van der Waals surface area contributed by atoms with Gasteiger partial charge in [-0.2, -0.15) is 0 Å². The van der Waals surface area contributed by atoms with Gasteiger partial charge in [-0.05, 0) is 62.6 Å². The monoisotopic (exact) mass is 272 g/mol. The van der Waals surface area contributed by atoms with Crippen LogP contribution in [0.2, 0.25) is 0 Å². The normalized spacial score (nSPS) is 28.2. The van der Waals surface area contributed by atoms with Gasteiger partial charge in [-0.25, -0.2) is 0 Å². The maximum absolute atomic E-state index is 3.62. The summed E-state index contributed by atoms with van der Waals surface area (Å²) in [6, 6.07) is 9.43. The summed E-state index contributed by atoms with van der Waals surface area (Å²) >= 11 is 0. The van der Waals surface area contributed by atoms with Crippen molar-refractivity contribution in [1.82, 2.24) is 5.32 Å². The van der Waals surface area contributed by atoms with E-state index in [0.29, 0.717) is 0 Å². The lowest BCUT2D eigenvalue weighted by atomic mass is 9.80. The van der Waals surface area contributed by atoms with Crippen LogP contribution in [0, 0.1) is 5.92 Å². The standard InChI is InChI=1S/C9H17N.C9H11N/c2*1-2-6-9-8(4-1)5-3-7-10-9/h8-10H,1-7H2;1-2,4,6,10H,3,5,7H2. The molecule has 0 amide bonds. The molecule has 2 N–H and O–H groups in total. The van der Waals surface area contributed by atoms with E-state index >= 15 is 0 Å². The molecule has 2 aliphatic heterocycles. The number of nitrogens with one attached hydrogen (secondary N) is 2. The van der Waals surface area contributed by atoms with Crippen LogP contribution in [0.4, 0.5) is 5.69 Å². The van der Waals surface area contributed by atoms with Crippen molar-refractivity contribution in [2.75, 3.05) is 18.4 Å². The van der Waals surface area contributed by atoms with Gasteiger partial charge in [-0.1, -0.05) is 31.0 Å². The highest BCUT2D eigenvalue weighted by Gasteiger charge is 2.26. The quantitative estimate of drug-likeness (QED) is 0.746. The zero-order chi connectivity index (χ0) is 13.6. The van der Waals surface area contributed by atoms with Crippen LogP contribution in [0.1, 0.15) is 50.5 Å². The Morgan fingerprint density at radius 1 is 0.850 bits per heavy atom. The molecule has 2 heteroatoms. The predicted molar refractivity (Wildman–Crippen MR) is 86.2 cm³/mol. The van der Waals surface area contributed by atoms with Crippen molar-refractivity contribution in [2.45, 2.75) is 57.4 Å². The SMILES string of the molecule is C1CCC2NCCCC2C1.c1ccc2c(c1)CCCN2. The maximum Gasteiger partial charge on any atom is 0.0372 e. The molecular weight excluding hydrogens is 244 g/mol. The second-order valence-electron chi connectivity index (χ2n) is 6.43. The van der Waals surface area contributed by atoms with Crippen LogP contribution in [-0.4, -0.2) is 19.1 Å². The van der Waals surface area contributed by atoms with E-state index in [1.807, 2.05) is 0 Å². The molecule has 0 aromatic heterocycles. The van der Waals surface area contributed by atoms with Crippen molar-refractivity contribution in [3.63, 3.8) is 0 Å². The lowest BCUT2D eigenvalue weighted by Gasteiger charge is -2.36. The molecule has 0 spiro atoms. The van der Waals surface area contributed by atoms with Gasteiger partial charge in [-0.3, -0.25) is 0 Å². The highest BCUT2D eigenvalue weighted by molar-refractivity contribution is 5.52. The lowest BCUT2D eigenvalue weighted by molar-refractivity contribution is 0.212. The molecule has 2 atom stereocenters. The van der Waals surface area contributed by atoms with E-state index in [-0.39, 0.29) is 0 Å². The molecule has 1 aliphatic carbocycles. The van der Waals surface area contributed by atoms with Gasteiger partial charge in [0, 0.05) is 18.3 Å². The molecule has 4 rings (SSSR count). The number of piperidine rings is 1. The Morgan fingerprint density at radius 3 is 2.60 bits per heavy atom. The Hall–Kier alpha value is -1.02. The molecular formula is C18H28N2. The van der Waals surface area contributed by atoms with Crippen LogP contribution >= 0.6 is 0 Å². The molecule has 1 saturated carbocycles. The molecule has 1 aromatic carbocycles. The van der Waals surface area contributed by atoms with Crippen LogP contribution in [0.3, 0.4) is 0 Å². The average molecular weight is 272 g/mol. The van der Waals surface area contributed by atoms with Gasteiger partial charge in [0.2, 0.25) is 0 Å². The Morgan fingerprint density at radius 2 is 1.70 bits per heavy atom. The lowest BCUT2D eigenvalue weighted by Crippen LogP contribution is -2.42. The van der Waals surface area contributed by atoms with Gasteiger partial charge in [0.15, 0.2) is 0 Å². The number of hydrogen-bond donors (Lipinski definition) is 2. The van der Waals surface area contributed by atoms with E-state index in [4.69, 9.17) is 0 Å². The fourth-order valence-electron chi connectivity index (χ4n) is 3.89. The summed E-state index contributed by atoms with van der Waals surface area (Å²) in [5, 5.41) is 6.98. The van der Waals surface area contributed by atoms with Crippen LogP contribution in [0.5, 0.6) is 0 Å². The van der Waals surface area contributed by atoms with Crippen LogP contribution in [-0.2, 0) is 6.42 Å². The molecule has 110 valence electrons. The second-order valence-corrected chi connectivity index (χ2v) is 6.43. The number of rotatable bonds is 0. The minimum atomic E-state index is 0.905. The van der Waals surface area contributed by atoms with Crippen LogP contribution in [0.15, 0.2) is 24.3 Å². The van der Waals surface area contributed by atoms with Crippen molar-refractivity contribution < 1.29 is 0 Å². The smallest absolute Gasteiger partial charge is 0.0372 e. The Balaban J connectivity index is 0.000000121. The minimum absolute atomic E-state index is 0.905. The Bertz CT molecular complexity index is 365. The number of hydrogen-bond acceptors (Lipinski definition) is 2. The van der Waals surface area contributed by atoms with E-state index in [1.54, 1.807) is 0 Å². The first-order valence-electron chi connectivity index (χ1n) is 8.48. The third-order valence-electron chi connectivity index (χ3n) is 5.02. The zero-order valence-electron chi connectivity index (χ0n) is 12.5. The molecule has 2 heterocycles.